The molecule has 1 amide bonds. The van der Waals surface area contributed by atoms with Gasteiger partial charge in [-0.05, 0) is 56.7 Å². The van der Waals surface area contributed by atoms with Gasteiger partial charge in [-0.3, -0.25) is 9.69 Å². The highest BCUT2D eigenvalue weighted by molar-refractivity contribution is 7.10. The van der Waals surface area contributed by atoms with Crippen LogP contribution >= 0.6 is 11.3 Å². The van der Waals surface area contributed by atoms with Crippen molar-refractivity contribution in [2.75, 3.05) is 19.6 Å². The van der Waals surface area contributed by atoms with E-state index in [0.29, 0.717) is 12.1 Å². The second-order valence-electron chi connectivity index (χ2n) is 6.76. The number of carbonyl (C=O) groups is 1. The highest BCUT2D eigenvalue weighted by Crippen LogP contribution is 2.25. The van der Waals surface area contributed by atoms with Crippen LogP contribution in [0.15, 0.2) is 11.4 Å². The Balaban J connectivity index is 1.46. The van der Waals surface area contributed by atoms with Crippen LogP contribution in [0.25, 0.3) is 0 Å². The summed E-state index contributed by atoms with van der Waals surface area (Å²) in [7, 11) is 0. The number of nitrogens with zero attached hydrogens (tertiary/aromatic N) is 1. The number of rotatable bonds is 4. The van der Waals surface area contributed by atoms with Crippen molar-refractivity contribution in [2.24, 2.45) is 5.92 Å². The molecule has 1 aromatic heterocycles. The van der Waals surface area contributed by atoms with E-state index in [1.165, 1.54) is 10.4 Å². The largest absolute Gasteiger partial charge is 0.354 e. The van der Waals surface area contributed by atoms with E-state index >= 15 is 0 Å². The van der Waals surface area contributed by atoms with Crippen molar-refractivity contribution in [2.45, 2.75) is 51.7 Å². The van der Waals surface area contributed by atoms with Gasteiger partial charge >= 0.3 is 0 Å². The highest BCUT2D eigenvalue weighted by atomic mass is 32.1. The Hall–Kier alpha value is -0.910. The number of hydrogen-bond acceptors (Lipinski definition) is 4. The van der Waals surface area contributed by atoms with Gasteiger partial charge in [0.05, 0.1) is 0 Å². The van der Waals surface area contributed by atoms with Crippen LogP contribution in [0.2, 0.25) is 0 Å². The van der Waals surface area contributed by atoms with Gasteiger partial charge in [-0.15, -0.1) is 11.3 Å². The van der Waals surface area contributed by atoms with Crippen LogP contribution in [0.5, 0.6) is 0 Å². The maximum atomic E-state index is 12.3. The molecule has 0 aromatic carbocycles. The van der Waals surface area contributed by atoms with Crippen molar-refractivity contribution < 1.29 is 4.79 Å². The molecule has 22 heavy (non-hydrogen) atoms. The molecule has 4 nitrogen and oxygen atoms in total. The van der Waals surface area contributed by atoms with Gasteiger partial charge in [-0.2, -0.15) is 0 Å². The van der Waals surface area contributed by atoms with Crippen molar-refractivity contribution in [3.05, 3.63) is 21.9 Å². The average molecular weight is 321 g/mol. The summed E-state index contributed by atoms with van der Waals surface area (Å²) in [6, 6.07) is 3.10. The zero-order valence-corrected chi connectivity index (χ0v) is 14.4. The van der Waals surface area contributed by atoms with E-state index in [0.717, 1.165) is 45.4 Å². The molecule has 1 fully saturated rings. The summed E-state index contributed by atoms with van der Waals surface area (Å²) >= 11 is 1.87. The molecule has 3 rings (SSSR count). The third-order valence-corrected chi connectivity index (χ3v) is 6.05. The minimum Gasteiger partial charge on any atom is -0.354 e. The van der Waals surface area contributed by atoms with Gasteiger partial charge in [0, 0.05) is 42.5 Å². The van der Waals surface area contributed by atoms with Crippen molar-refractivity contribution in [3.8, 4) is 0 Å². The van der Waals surface area contributed by atoms with Crippen molar-refractivity contribution in [1.82, 2.24) is 15.5 Å². The Bertz CT molecular complexity index is 516. The maximum Gasteiger partial charge on any atom is 0.223 e. The number of amides is 1. The summed E-state index contributed by atoms with van der Waals surface area (Å²) in [4.78, 5) is 16.4. The van der Waals surface area contributed by atoms with E-state index in [4.69, 9.17) is 0 Å². The van der Waals surface area contributed by atoms with Gasteiger partial charge in [-0.1, -0.05) is 0 Å². The zero-order chi connectivity index (χ0) is 15.5. The van der Waals surface area contributed by atoms with Crippen LogP contribution in [-0.2, 0) is 17.8 Å². The fourth-order valence-electron chi connectivity index (χ4n) is 3.54. The molecule has 2 N–H and O–H groups in total. The van der Waals surface area contributed by atoms with Crippen molar-refractivity contribution >= 4 is 17.2 Å². The molecule has 0 bridgehead atoms. The summed E-state index contributed by atoms with van der Waals surface area (Å²) in [5.41, 5.74) is 1.47. The molecule has 3 atom stereocenters. The number of hydrogen-bond donors (Lipinski definition) is 2. The molecule has 122 valence electrons. The lowest BCUT2D eigenvalue weighted by atomic mass is 9.92. The topological polar surface area (TPSA) is 44.4 Å². The van der Waals surface area contributed by atoms with E-state index in [1.807, 2.05) is 11.3 Å². The fraction of sp³-hybridized carbons (Fsp3) is 0.706. The molecule has 1 aromatic rings. The van der Waals surface area contributed by atoms with E-state index in [9.17, 15) is 4.79 Å². The lowest BCUT2D eigenvalue weighted by Gasteiger charge is -2.33. The molecular weight excluding hydrogens is 294 g/mol. The van der Waals surface area contributed by atoms with Gasteiger partial charge < -0.3 is 10.6 Å². The number of fused-ring (bicyclic) bond motifs is 1. The standard InChI is InChI=1S/C17H27N3OS/c1-12-9-14(3-6-18-12)17(21)19-10-13(2)20-7-4-16-15(11-20)5-8-22-16/h5,8,12-14,18H,3-4,6-7,9-11H2,1-2H3,(H,19,21)/t12-,13?,14-/m0/s1. The number of thiophene rings is 1. The Labute approximate surface area is 137 Å². The molecule has 0 radical (unpaired) electrons. The number of nitrogens with one attached hydrogen (secondary N) is 2. The number of carbonyl (C=O) groups excluding carboxylic acids is 1. The summed E-state index contributed by atoms with van der Waals surface area (Å²) < 4.78 is 0. The van der Waals surface area contributed by atoms with Gasteiger partial charge in [0.15, 0.2) is 0 Å². The zero-order valence-electron chi connectivity index (χ0n) is 13.6. The van der Waals surface area contributed by atoms with Crippen LogP contribution in [0.3, 0.4) is 0 Å². The minimum atomic E-state index is 0.188. The molecule has 0 spiro atoms. The molecule has 5 heteroatoms. The molecule has 1 unspecified atom stereocenters. The van der Waals surface area contributed by atoms with Crippen molar-refractivity contribution in [1.29, 1.82) is 0 Å². The Kier molecular flexibility index (Phi) is 5.16. The number of piperidine rings is 1. The monoisotopic (exact) mass is 321 g/mol. The quantitative estimate of drug-likeness (QED) is 0.891. The third-order valence-electron chi connectivity index (χ3n) is 5.03. The first-order chi connectivity index (χ1) is 10.6. The first-order valence-electron chi connectivity index (χ1n) is 8.44. The molecule has 2 aliphatic heterocycles. The van der Waals surface area contributed by atoms with E-state index in [-0.39, 0.29) is 11.8 Å². The van der Waals surface area contributed by atoms with E-state index < -0.39 is 0 Å². The normalized spacial score (nSPS) is 27.2. The lowest BCUT2D eigenvalue weighted by Crippen LogP contribution is -2.47. The molecule has 0 aliphatic carbocycles. The van der Waals surface area contributed by atoms with E-state index in [2.05, 4.69) is 40.8 Å². The van der Waals surface area contributed by atoms with Crippen LogP contribution in [-0.4, -0.2) is 42.5 Å². The average Bonchev–Trinajstić information content (AvgIpc) is 2.99. The van der Waals surface area contributed by atoms with Crippen LogP contribution in [0, 0.1) is 5.92 Å². The predicted octanol–water partition coefficient (Wildman–Crippen LogP) is 2.00. The fourth-order valence-corrected chi connectivity index (χ4v) is 4.43. The molecule has 1 saturated heterocycles. The summed E-state index contributed by atoms with van der Waals surface area (Å²) in [6.45, 7) is 8.24. The van der Waals surface area contributed by atoms with Gasteiger partial charge in [0.2, 0.25) is 5.91 Å². The second kappa shape index (κ2) is 7.11. The lowest BCUT2D eigenvalue weighted by molar-refractivity contribution is -0.126. The van der Waals surface area contributed by atoms with E-state index in [1.54, 1.807) is 0 Å². The van der Waals surface area contributed by atoms with Crippen LogP contribution in [0.4, 0.5) is 0 Å². The smallest absolute Gasteiger partial charge is 0.223 e. The molecule has 0 saturated carbocycles. The van der Waals surface area contributed by atoms with Gasteiger partial charge in [0.25, 0.3) is 0 Å². The van der Waals surface area contributed by atoms with Gasteiger partial charge in [-0.25, -0.2) is 0 Å². The minimum absolute atomic E-state index is 0.188. The first kappa shape index (κ1) is 16.0. The highest BCUT2D eigenvalue weighted by Gasteiger charge is 2.26. The maximum absolute atomic E-state index is 12.3. The Morgan fingerprint density at radius 2 is 2.45 bits per heavy atom. The third kappa shape index (κ3) is 3.70. The van der Waals surface area contributed by atoms with Crippen LogP contribution in [0.1, 0.15) is 37.1 Å². The summed E-state index contributed by atoms with van der Waals surface area (Å²) in [5.74, 6) is 0.432. The summed E-state index contributed by atoms with van der Waals surface area (Å²) in [6.07, 6.45) is 3.08. The summed E-state index contributed by atoms with van der Waals surface area (Å²) in [5, 5.41) is 8.78. The second-order valence-corrected chi connectivity index (χ2v) is 7.76. The SMILES string of the molecule is CC(CNC(=O)[C@H]1CCN[C@@H](C)C1)N1CCc2sccc2C1. The molecule has 2 aliphatic rings. The molecule has 3 heterocycles. The Morgan fingerprint density at radius 1 is 1.59 bits per heavy atom. The Morgan fingerprint density at radius 3 is 3.27 bits per heavy atom. The van der Waals surface area contributed by atoms with Crippen molar-refractivity contribution in [3.63, 3.8) is 0 Å². The van der Waals surface area contributed by atoms with Gasteiger partial charge in [0.1, 0.15) is 0 Å². The predicted molar refractivity (Wildman–Crippen MR) is 91.1 cm³/mol. The first-order valence-corrected chi connectivity index (χ1v) is 9.32. The molecular formula is C17H27N3OS. The van der Waals surface area contributed by atoms with Crippen LogP contribution < -0.4 is 10.6 Å².